The van der Waals surface area contributed by atoms with Gasteiger partial charge in [-0.25, -0.2) is 0 Å². The minimum atomic E-state index is 0.332. The molecule has 2 fully saturated rings. The fourth-order valence-corrected chi connectivity index (χ4v) is 3.01. The molecule has 0 spiro atoms. The summed E-state index contributed by atoms with van der Waals surface area (Å²) in [7, 11) is 0. The lowest BCUT2D eigenvalue weighted by Crippen LogP contribution is -2.48. The van der Waals surface area contributed by atoms with Gasteiger partial charge in [0.05, 0.1) is 25.5 Å². The van der Waals surface area contributed by atoms with Gasteiger partial charge in [-0.1, -0.05) is 6.92 Å². The van der Waals surface area contributed by atoms with Gasteiger partial charge in [0.1, 0.15) is 5.76 Å². The van der Waals surface area contributed by atoms with Crippen LogP contribution in [0.25, 0.3) is 0 Å². The molecule has 0 bridgehead atoms. The molecule has 0 aliphatic carbocycles. The Morgan fingerprint density at radius 2 is 2.16 bits per heavy atom. The number of furan rings is 1. The van der Waals surface area contributed by atoms with Crippen molar-refractivity contribution in [1.29, 1.82) is 0 Å². The molecule has 1 aromatic heterocycles. The molecule has 0 saturated carbocycles. The third-order valence-corrected chi connectivity index (χ3v) is 4.24. The van der Waals surface area contributed by atoms with Crippen LogP contribution >= 0.6 is 0 Å². The van der Waals surface area contributed by atoms with Gasteiger partial charge in [-0.15, -0.1) is 0 Å². The van der Waals surface area contributed by atoms with E-state index >= 15 is 0 Å². The third-order valence-electron chi connectivity index (χ3n) is 4.24. The van der Waals surface area contributed by atoms with Crippen LogP contribution in [0.15, 0.2) is 22.8 Å². The smallest absolute Gasteiger partial charge is 0.122 e. The average molecular weight is 264 g/mol. The maximum atomic E-state index is 5.62. The molecule has 1 atom stereocenters. The third kappa shape index (κ3) is 3.02. The van der Waals surface area contributed by atoms with E-state index in [0.29, 0.717) is 11.5 Å². The second kappa shape index (κ2) is 5.65. The highest BCUT2D eigenvalue weighted by Gasteiger charge is 2.33. The average Bonchev–Trinajstić information content (AvgIpc) is 3.05. The van der Waals surface area contributed by atoms with E-state index in [1.54, 1.807) is 6.26 Å². The van der Waals surface area contributed by atoms with Gasteiger partial charge in [-0.3, -0.25) is 4.90 Å². The number of nitrogens with zero attached hydrogens (tertiary/aromatic N) is 1. The molecule has 2 aliphatic rings. The van der Waals surface area contributed by atoms with E-state index in [2.05, 4.69) is 23.2 Å². The number of likely N-dealkylation sites (tertiary alicyclic amines) is 1. The van der Waals surface area contributed by atoms with E-state index in [4.69, 9.17) is 9.15 Å². The molecular formula is C15H24N2O2. The Hall–Kier alpha value is -0.840. The minimum absolute atomic E-state index is 0.332. The molecule has 106 valence electrons. The van der Waals surface area contributed by atoms with Crippen molar-refractivity contribution in [3.8, 4) is 0 Å². The van der Waals surface area contributed by atoms with Crippen LogP contribution in [0.1, 0.15) is 31.6 Å². The lowest BCUT2D eigenvalue weighted by molar-refractivity contribution is -0.0994. The Balaban J connectivity index is 1.56. The molecule has 19 heavy (non-hydrogen) atoms. The molecule has 0 amide bonds. The van der Waals surface area contributed by atoms with E-state index < -0.39 is 0 Å². The van der Waals surface area contributed by atoms with Crippen molar-refractivity contribution in [1.82, 2.24) is 10.2 Å². The maximum Gasteiger partial charge on any atom is 0.122 e. The highest BCUT2D eigenvalue weighted by atomic mass is 16.5. The molecule has 3 heterocycles. The monoisotopic (exact) mass is 264 g/mol. The normalized spacial score (nSPS) is 24.3. The number of rotatable bonds is 6. The van der Waals surface area contributed by atoms with Crippen molar-refractivity contribution in [2.45, 2.75) is 25.8 Å². The molecule has 0 radical (unpaired) electrons. The van der Waals surface area contributed by atoms with Crippen molar-refractivity contribution in [3.05, 3.63) is 24.2 Å². The predicted octanol–water partition coefficient (Wildman–Crippen LogP) is 2.04. The fraction of sp³-hybridized carbons (Fsp3) is 0.733. The molecule has 2 aliphatic heterocycles. The van der Waals surface area contributed by atoms with Crippen LogP contribution in [-0.4, -0.2) is 44.3 Å². The standard InChI is InChI=1S/C15H24N2O2/c1-15(11-18-12-15)10-16-9-13(14-5-4-8-19-14)17-6-2-3-7-17/h4-5,8,13,16H,2-3,6-7,9-12H2,1H3. The molecule has 3 rings (SSSR count). The zero-order chi connectivity index (χ0) is 13.1. The second-order valence-corrected chi connectivity index (χ2v) is 6.21. The summed E-state index contributed by atoms with van der Waals surface area (Å²) in [6.45, 7) is 8.41. The Morgan fingerprint density at radius 3 is 2.74 bits per heavy atom. The summed E-state index contributed by atoms with van der Waals surface area (Å²) in [5.74, 6) is 1.09. The zero-order valence-corrected chi connectivity index (χ0v) is 11.7. The van der Waals surface area contributed by atoms with Gasteiger partial charge in [0.15, 0.2) is 0 Å². The van der Waals surface area contributed by atoms with Crippen LogP contribution in [-0.2, 0) is 4.74 Å². The first kappa shape index (κ1) is 13.2. The molecule has 1 aromatic rings. The molecule has 2 saturated heterocycles. The largest absolute Gasteiger partial charge is 0.468 e. The summed E-state index contributed by atoms with van der Waals surface area (Å²) in [6.07, 6.45) is 4.39. The molecule has 4 nitrogen and oxygen atoms in total. The molecule has 0 aromatic carbocycles. The van der Waals surface area contributed by atoms with Crippen molar-refractivity contribution in [3.63, 3.8) is 0 Å². The van der Waals surface area contributed by atoms with E-state index in [-0.39, 0.29) is 0 Å². The van der Waals surface area contributed by atoms with Crippen molar-refractivity contribution in [2.24, 2.45) is 5.41 Å². The first-order valence-corrected chi connectivity index (χ1v) is 7.33. The molecule has 1 N–H and O–H groups in total. The number of nitrogens with one attached hydrogen (secondary N) is 1. The SMILES string of the molecule is CC1(CNCC(c2ccco2)N2CCCC2)COC1. The van der Waals surface area contributed by atoms with Crippen molar-refractivity contribution >= 4 is 0 Å². The first-order chi connectivity index (χ1) is 9.27. The van der Waals surface area contributed by atoms with E-state index in [1.807, 2.05) is 6.07 Å². The lowest BCUT2D eigenvalue weighted by Gasteiger charge is -2.39. The number of hydrogen-bond donors (Lipinski definition) is 1. The highest BCUT2D eigenvalue weighted by molar-refractivity contribution is 5.06. The van der Waals surface area contributed by atoms with Gasteiger partial charge in [-0.2, -0.15) is 0 Å². The Bertz CT molecular complexity index is 381. The first-order valence-electron chi connectivity index (χ1n) is 7.33. The van der Waals surface area contributed by atoms with E-state index in [1.165, 1.54) is 25.9 Å². The fourth-order valence-electron chi connectivity index (χ4n) is 3.01. The maximum absolute atomic E-state index is 5.62. The summed E-state index contributed by atoms with van der Waals surface area (Å²) < 4.78 is 10.9. The zero-order valence-electron chi connectivity index (χ0n) is 11.7. The second-order valence-electron chi connectivity index (χ2n) is 6.21. The minimum Gasteiger partial charge on any atom is -0.468 e. The summed E-state index contributed by atoms with van der Waals surface area (Å²) in [5.41, 5.74) is 0.332. The van der Waals surface area contributed by atoms with Crippen LogP contribution in [0, 0.1) is 5.41 Å². The van der Waals surface area contributed by atoms with Gasteiger partial charge in [-0.05, 0) is 38.1 Å². The van der Waals surface area contributed by atoms with Crippen LogP contribution in [0.3, 0.4) is 0 Å². The molecule has 1 unspecified atom stereocenters. The number of hydrogen-bond acceptors (Lipinski definition) is 4. The predicted molar refractivity (Wildman–Crippen MR) is 74.1 cm³/mol. The molecule has 4 heteroatoms. The van der Waals surface area contributed by atoms with E-state index in [0.717, 1.165) is 32.1 Å². The van der Waals surface area contributed by atoms with Crippen molar-refractivity contribution in [2.75, 3.05) is 39.4 Å². The van der Waals surface area contributed by atoms with Crippen molar-refractivity contribution < 1.29 is 9.15 Å². The lowest BCUT2D eigenvalue weighted by atomic mass is 9.88. The van der Waals surface area contributed by atoms with Gasteiger partial charge in [0, 0.05) is 18.5 Å². The van der Waals surface area contributed by atoms with Gasteiger partial charge in [0.25, 0.3) is 0 Å². The van der Waals surface area contributed by atoms with Gasteiger partial charge in [0.2, 0.25) is 0 Å². The Labute approximate surface area is 115 Å². The summed E-state index contributed by atoms with van der Waals surface area (Å²) in [5, 5.41) is 3.61. The van der Waals surface area contributed by atoms with Gasteiger partial charge < -0.3 is 14.5 Å². The number of ether oxygens (including phenoxy) is 1. The Kier molecular flexibility index (Phi) is 3.91. The Morgan fingerprint density at radius 1 is 1.37 bits per heavy atom. The molecular weight excluding hydrogens is 240 g/mol. The topological polar surface area (TPSA) is 37.6 Å². The van der Waals surface area contributed by atoms with Crippen LogP contribution < -0.4 is 5.32 Å². The summed E-state index contributed by atoms with van der Waals surface area (Å²) in [4.78, 5) is 2.53. The van der Waals surface area contributed by atoms with Crippen LogP contribution in [0.5, 0.6) is 0 Å². The van der Waals surface area contributed by atoms with E-state index in [9.17, 15) is 0 Å². The summed E-state index contributed by atoms with van der Waals surface area (Å²) >= 11 is 0. The quantitative estimate of drug-likeness (QED) is 0.853. The van der Waals surface area contributed by atoms with Crippen LogP contribution in [0.4, 0.5) is 0 Å². The highest BCUT2D eigenvalue weighted by Crippen LogP contribution is 2.27. The summed E-state index contributed by atoms with van der Waals surface area (Å²) in [6, 6.07) is 4.46. The van der Waals surface area contributed by atoms with Gasteiger partial charge >= 0.3 is 0 Å². The van der Waals surface area contributed by atoms with Crippen LogP contribution in [0.2, 0.25) is 0 Å².